The Kier molecular flexibility index (Phi) is 4.21. The van der Waals surface area contributed by atoms with E-state index >= 15 is 0 Å². The first-order valence-corrected chi connectivity index (χ1v) is 7.91. The number of benzene rings is 1. The summed E-state index contributed by atoms with van der Waals surface area (Å²) in [5.41, 5.74) is 4.87. The summed E-state index contributed by atoms with van der Waals surface area (Å²) >= 11 is 0. The molecular formula is C20H19NO3. The van der Waals surface area contributed by atoms with Crippen LogP contribution in [-0.4, -0.2) is 22.8 Å². The summed E-state index contributed by atoms with van der Waals surface area (Å²) in [6.07, 6.45) is 1.67. The van der Waals surface area contributed by atoms with Gasteiger partial charge in [-0.25, -0.2) is 4.79 Å². The lowest BCUT2D eigenvalue weighted by Crippen LogP contribution is -2.07. The Morgan fingerprint density at radius 1 is 1.08 bits per heavy atom. The van der Waals surface area contributed by atoms with Gasteiger partial charge >= 0.3 is 5.97 Å². The van der Waals surface area contributed by atoms with Gasteiger partial charge in [0.05, 0.1) is 17.9 Å². The third-order valence-corrected chi connectivity index (χ3v) is 3.98. The minimum absolute atomic E-state index is 0.0495. The highest BCUT2D eigenvalue weighted by Crippen LogP contribution is 2.29. The number of carbonyl (C=O) groups is 2. The number of aromatic nitrogens is 1. The van der Waals surface area contributed by atoms with Gasteiger partial charge in [0, 0.05) is 24.2 Å². The highest BCUT2D eigenvalue weighted by molar-refractivity contribution is 6.02. The Hall–Kier alpha value is -2.88. The van der Waals surface area contributed by atoms with Crippen LogP contribution < -0.4 is 0 Å². The molecule has 2 heterocycles. The van der Waals surface area contributed by atoms with Crippen LogP contribution in [0, 0.1) is 6.92 Å². The number of hydrogen-bond acceptors (Lipinski definition) is 3. The number of aryl methyl sites for hydroxylation is 1. The third kappa shape index (κ3) is 2.83. The number of Topliss-reactive ketones (excluding diaryl/α,β-unsaturated/α-hetero) is 1. The molecule has 0 radical (unpaired) electrons. The molecule has 4 nitrogen and oxygen atoms in total. The first-order valence-electron chi connectivity index (χ1n) is 7.91. The molecule has 3 rings (SSSR count). The summed E-state index contributed by atoms with van der Waals surface area (Å²) in [6.45, 7) is 5.65. The summed E-state index contributed by atoms with van der Waals surface area (Å²) in [7, 11) is 0. The summed E-state index contributed by atoms with van der Waals surface area (Å²) in [5.74, 6) is -0.439. The average molecular weight is 321 g/mol. The molecule has 0 aliphatic carbocycles. The van der Waals surface area contributed by atoms with Crippen molar-refractivity contribution in [3.05, 3.63) is 65.5 Å². The monoisotopic (exact) mass is 321 g/mol. The largest absolute Gasteiger partial charge is 0.462 e. The van der Waals surface area contributed by atoms with Gasteiger partial charge in [0.2, 0.25) is 0 Å². The second-order valence-electron chi connectivity index (χ2n) is 5.76. The van der Waals surface area contributed by atoms with E-state index in [0.29, 0.717) is 17.9 Å². The first kappa shape index (κ1) is 16.0. The summed E-state index contributed by atoms with van der Waals surface area (Å²) in [6, 6.07) is 13.6. The van der Waals surface area contributed by atoms with Crippen LogP contribution in [0.4, 0.5) is 0 Å². The Balaban J connectivity index is 2.20. The maximum Gasteiger partial charge on any atom is 0.339 e. The Morgan fingerprint density at radius 2 is 1.79 bits per heavy atom. The Bertz CT molecular complexity index is 920. The highest BCUT2D eigenvalue weighted by atomic mass is 16.5. The van der Waals surface area contributed by atoms with E-state index in [1.165, 1.54) is 6.92 Å². The maximum absolute atomic E-state index is 12.3. The molecule has 0 fully saturated rings. The van der Waals surface area contributed by atoms with E-state index in [9.17, 15) is 9.59 Å². The van der Waals surface area contributed by atoms with Gasteiger partial charge in [0.15, 0.2) is 5.78 Å². The molecule has 0 N–H and O–H groups in total. The predicted molar refractivity (Wildman–Crippen MR) is 93.5 cm³/mol. The van der Waals surface area contributed by atoms with Crippen molar-refractivity contribution in [2.24, 2.45) is 0 Å². The van der Waals surface area contributed by atoms with E-state index in [-0.39, 0.29) is 11.8 Å². The van der Waals surface area contributed by atoms with E-state index in [1.54, 1.807) is 23.6 Å². The molecule has 2 aromatic heterocycles. The number of esters is 1. The van der Waals surface area contributed by atoms with Crippen LogP contribution in [0.2, 0.25) is 0 Å². The molecule has 0 aliphatic heterocycles. The molecule has 3 aromatic rings. The van der Waals surface area contributed by atoms with E-state index in [0.717, 1.165) is 22.2 Å². The number of hydrogen-bond donors (Lipinski definition) is 0. The van der Waals surface area contributed by atoms with Crippen molar-refractivity contribution >= 4 is 17.3 Å². The molecule has 0 spiro atoms. The standard InChI is InChI=1S/C20H19NO3/c1-4-24-20(23)16-9-10-17-11-18(15-7-5-13(2)6-8-15)19(14(3)22)21(17)12-16/h5-12H,4H2,1-3H3. The van der Waals surface area contributed by atoms with Crippen molar-refractivity contribution in [3.8, 4) is 11.1 Å². The van der Waals surface area contributed by atoms with Gasteiger partial charge in [-0.1, -0.05) is 29.8 Å². The fourth-order valence-corrected chi connectivity index (χ4v) is 2.82. The van der Waals surface area contributed by atoms with Crippen molar-refractivity contribution < 1.29 is 14.3 Å². The quantitative estimate of drug-likeness (QED) is 0.532. The van der Waals surface area contributed by atoms with Gasteiger partial charge in [-0.3, -0.25) is 4.79 Å². The lowest BCUT2D eigenvalue weighted by Gasteiger charge is -2.06. The van der Waals surface area contributed by atoms with E-state index in [2.05, 4.69) is 0 Å². The van der Waals surface area contributed by atoms with Gasteiger partial charge in [-0.2, -0.15) is 0 Å². The number of nitrogens with zero attached hydrogens (tertiary/aromatic N) is 1. The zero-order valence-corrected chi connectivity index (χ0v) is 14.0. The van der Waals surface area contributed by atoms with Crippen molar-refractivity contribution in [2.75, 3.05) is 6.61 Å². The minimum atomic E-state index is -0.389. The van der Waals surface area contributed by atoms with Gasteiger partial charge in [-0.05, 0) is 37.6 Å². The Labute approximate surface area is 140 Å². The van der Waals surface area contributed by atoms with Gasteiger partial charge < -0.3 is 9.14 Å². The Morgan fingerprint density at radius 3 is 2.42 bits per heavy atom. The first-order chi connectivity index (χ1) is 11.5. The molecule has 0 saturated carbocycles. The molecule has 24 heavy (non-hydrogen) atoms. The molecule has 4 heteroatoms. The number of ether oxygens (including phenoxy) is 1. The van der Waals surface area contributed by atoms with Gasteiger partial charge in [0.1, 0.15) is 0 Å². The third-order valence-electron chi connectivity index (χ3n) is 3.98. The van der Waals surface area contributed by atoms with Crippen LogP contribution in [0.15, 0.2) is 48.7 Å². The fourth-order valence-electron chi connectivity index (χ4n) is 2.82. The minimum Gasteiger partial charge on any atom is -0.462 e. The van der Waals surface area contributed by atoms with Crippen molar-refractivity contribution in [1.29, 1.82) is 0 Å². The van der Waals surface area contributed by atoms with Crippen molar-refractivity contribution in [1.82, 2.24) is 4.40 Å². The second kappa shape index (κ2) is 6.32. The predicted octanol–water partition coefficient (Wildman–Crippen LogP) is 4.29. The summed E-state index contributed by atoms with van der Waals surface area (Å²) in [4.78, 5) is 24.2. The zero-order chi connectivity index (χ0) is 17.3. The molecule has 0 unspecified atom stereocenters. The van der Waals surface area contributed by atoms with E-state index in [1.807, 2.05) is 43.3 Å². The smallest absolute Gasteiger partial charge is 0.339 e. The SMILES string of the molecule is CCOC(=O)c1ccc2cc(-c3ccc(C)cc3)c(C(C)=O)n2c1. The van der Waals surface area contributed by atoms with Crippen LogP contribution >= 0.6 is 0 Å². The van der Waals surface area contributed by atoms with Crippen molar-refractivity contribution in [2.45, 2.75) is 20.8 Å². The molecule has 0 bridgehead atoms. The zero-order valence-electron chi connectivity index (χ0n) is 14.0. The lowest BCUT2D eigenvalue weighted by atomic mass is 10.0. The number of fused-ring (bicyclic) bond motifs is 1. The van der Waals surface area contributed by atoms with Crippen LogP contribution in [0.3, 0.4) is 0 Å². The van der Waals surface area contributed by atoms with Gasteiger partial charge in [0.25, 0.3) is 0 Å². The number of ketones is 1. The summed E-state index contributed by atoms with van der Waals surface area (Å²) in [5, 5.41) is 0. The number of carbonyl (C=O) groups excluding carboxylic acids is 2. The van der Waals surface area contributed by atoms with E-state index in [4.69, 9.17) is 4.74 Å². The average Bonchev–Trinajstić information content (AvgIpc) is 2.94. The molecule has 0 saturated heterocycles. The molecule has 0 atom stereocenters. The van der Waals surface area contributed by atoms with Crippen molar-refractivity contribution in [3.63, 3.8) is 0 Å². The van der Waals surface area contributed by atoms with Gasteiger partial charge in [-0.15, -0.1) is 0 Å². The van der Waals surface area contributed by atoms with Crippen LogP contribution in [-0.2, 0) is 4.74 Å². The normalized spacial score (nSPS) is 10.8. The molecule has 0 aliphatic rings. The molecule has 0 amide bonds. The second-order valence-corrected chi connectivity index (χ2v) is 5.76. The van der Waals surface area contributed by atoms with Crippen LogP contribution in [0.5, 0.6) is 0 Å². The summed E-state index contributed by atoms with van der Waals surface area (Å²) < 4.78 is 6.81. The molecular weight excluding hydrogens is 302 g/mol. The number of pyridine rings is 1. The van der Waals surface area contributed by atoms with Crippen LogP contribution in [0.1, 0.15) is 40.3 Å². The maximum atomic E-state index is 12.3. The number of rotatable bonds is 4. The topological polar surface area (TPSA) is 47.8 Å². The van der Waals surface area contributed by atoms with E-state index < -0.39 is 0 Å². The molecule has 1 aromatic carbocycles. The highest BCUT2D eigenvalue weighted by Gasteiger charge is 2.17. The van der Waals surface area contributed by atoms with Crippen LogP contribution in [0.25, 0.3) is 16.6 Å². The molecule has 122 valence electrons. The fraction of sp³-hybridized carbons (Fsp3) is 0.200. The lowest BCUT2D eigenvalue weighted by molar-refractivity contribution is 0.0525.